The van der Waals surface area contributed by atoms with Crippen molar-refractivity contribution in [3.63, 3.8) is 0 Å². The number of phenolic OH excluding ortho intramolecular Hbond substituents is 1. The lowest BCUT2D eigenvalue weighted by Gasteiger charge is -2.40. The minimum atomic E-state index is 0.221. The van der Waals surface area contributed by atoms with E-state index in [2.05, 4.69) is 22.5 Å². The number of aromatic hydroxyl groups is 1. The van der Waals surface area contributed by atoms with Crippen molar-refractivity contribution in [3.05, 3.63) is 23.8 Å². The maximum absolute atomic E-state index is 10.3. The number of methoxy groups -OCH3 is 1. The molecule has 3 rings (SSSR count). The highest BCUT2D eigenvalue weighted by atomic mass is 16.5. The first-order chi connectivity index (χ1) is 14.2. The molecule has 1 heterocycles. The Labute approximate surface area is 175 Å². The van der Waals surface area contributed by atoms with Crippen molar-refractivity contribution < 1.29 is 9.84 Å². The van der Waals surface area contributed by atoms with Crippen LogP contribution in [0.5, 0.6) is 11.5 Å². The molecule has 0 amide bonds. The summed E-state index contributed by atoms with van der Waals surface area (Å²) in [6, 6.07) is 6.84. The van der Waals surface area contributed by atoms with E-state index < -0.39 is 0 Å². The molecule has 1 atom stereocenters. The maximum atomic E-state index is 10.3. The Kier molecular flexibility index (Phi) is 8.47. The summed E-state index contributed by atoms with van der Waals surface area (Å²) in [5.41, 5.74) is 0.866. The number of phenols is 1. The number of hydrogen-bond acceptors (Lipinski definition) is 4. The Morgan fingerprint density at radius 3 is 2.79 bits per heavy atom. The third kappa shape index (κ3) is 6.26. The molecule has 6 nitrogen and oxygen atoms in total. The van der Waals surface area contributed by atoms with Crippen molar-refractivity contribution in [2.45, 2.75) is 70.4 Å². The molecule has 0 bridgehead atoms. The summed E-state index contributed by atoms with van der Waals surface area (Å²) in [7, 11) is 1.57. The van der Waals surface area contributed by atoms with E-state index >= 15 is 0 Å². The summed E-state index contributed by atoms with van der Waals surface area (Å²) in [5.74, 6) is 1.62. The molecule has 162 valence electrons. The highest BCUT2D eigenvalue weighted by Crippen LogP contribution is 2.29. The lowest BCUT2D eigenvalue weighted by Crippen LogP contribution is -2.53. The summed E-state index contributed by atoms with van der Waals surface area (Å²) < 4.78 is 5.20. The van der Waals surface area contributed by atoms with Gasteiger partial charge in [-0.05, 0) is 57.2 Å². The molecule has 3 N–H and O–H groups in total. The number of nitrogens with zero attached hydrogens (tertiary/aromatic N) is 2. The normalized spacial score (nSPS) is 21.7. The molecule has 1 aromatic rings. The fourth-order valence-electron chi connectivity index (χ4n) is 4.64. The summed E-state index contributed by atoms with van der Waals surface area (Å²) in [6.07, 6.45) is 10.1. The number of nitrogens with one attached hydrogen (secondary N) is 2. The van der Waals surface area contributed by atoms with Crippen LogP contribution in [0.3, 0.4) is 0 Å². The van der Waals surface area contributed by atoms with Gasteiger partial charge in [0.15, 0.2) is 17.5 Å². The van der Waals surface area contributed by atoms with Crippen molar-refractivity contribution in [2.24, 2.45) is 4.99 Å². The molecule has 6 heteroatoms. The van der Waals surface area contributed by atoms with E-state index in [1.807, 2.05) is 12.1 Å². The van der Waals surface area contributed by atoms with Gasteiger partial charge in [-0.15, -0.1) is 0 Å². The number of ether oxygens (including phenoxy) is 1. The molecule has 2 aliphatic rings. The van der Waals surface area contributed by atoms with E-state index in [1.165, 1.54) is 51.5 Å². The van der Waals surface area contributed by atoms with Crippen LogP contribution in [0.25, 0.3) is 0 Å². The minimum absolute atomic E-state index is 0.221. The average molecular weight is 403 g/mol. The third-order valence-electron chi connectivity index (χ3n) is 6.18. The lowest BCUT2D eigenvalue weighted by atomic mass is 9.92. The second kappa shape index (κ2) is 11.3. The monoisotopic (exact) mass is 402 g/mol. The molecule has 0 aromatic heterocycles. The Balaban J connectivity index is 1.54. The van der Waals surface area contributed by atoms with Gasteiger partial charge in [0.1, 0.15) is 0 Å². The summed E-state index contributed by atoms with van der Waals surface area (Å²) in [6.45, 7) is 5.92. The number of rotatable bonds is 7. The van der Waals surface area contributed by atoms with Crippen molar-refractivity contribution in [1.82, 2.24) is 15.5 Å². The number of likely N-dealkylation sites (tertiary alicyclic amines) is 1. The van der Waals surface area contributed by atoms with Crippen LogP contribution in [-0.4, -0.2) is 61.3 Å². The van der Waals surface area contributed by atoms with E-state index in [1.54, 1.807) is 13.2 Å². The van der Waals surface area contributed by atoms with Crippen molar-refractivity contribution >= 4 is 5.96 Å². The van der Waals surface area contributed by atoms with Gasteiger partial charge < -0.3 is 20.5 Å². The van der Waals surface area contributed by atoms with Crippen LogP contribution in [-0.2, 0) is 6.42 Å². The number of guanidine groups is 1. The smallest absolute Gasteiger partial charge is 0.191 e. The van der Waals surface area contributed by atoms with Crippen molar-refractivity contribution in [2.75, 3.05) is 33.3 Å². The SMILES string of the molecule is CCNC(=NCCc1cccc(OC)c1O)NC1CCCN(C2CCCCC2)C1. The van der Waals surface area contributed by atoms with E-state index in [0.717, 1.165) is 30.7 Å². The van der Waals surface area contributed by atoms with E-state index in [9.17, 15) is 5.11 Å². The van der Waals surface area contributed by atoms with Gasteiger partial charge in [-0.2, -0.15) is 0 Å². The van der Waals surface area contributed by atoms with Gasteiger partial charge in [0, 0.05) is 31.7 Å². The van der Waals surface area contributed by atoms with Crippen LogP contribution in [0.2, 0.25) is 0 Å². The highest BCUT2D eigenvalue weighted by molar-refractivity contribution is 5.80. The van der Waals surface area contributed by atoms with Gasteiger partial charge in [-0.25, -0.2) is 0 Å². The first-order valence-electron chi connectivity index (χ1n) is 11.3. The Bertz CT molecular complexity index is 658. The topological polar surface area (TPSA) is 69.1 Å². The summed E-state index contributed by atoms with van der Waals surface area (Å²) in [4.78, 5) is 7.47. The fraction of sp³-hybridized carbons (Fsp3) is 0.696. The first-order valence-corrected chi connectivity index (χ1v) is 11.3. The van der Waals surface area contributed by atoms with Crippen LogP contribution in [0.4, 0.5) is 0 Å². The van der Waals surface area contributed by atoms with Crippen molar-refractivity contribution in [3.8, 4) is 11.5 Å². The molecule has 1 aliphatic heterocycles. The van der Waals surface area contributed by atoms with E-state index in [-0.39, 0.29) is 5.75 Å². The van der Waals surface area contributed by atoms with Crippen molar-refractivity contribution in [1.29, 1.82) is 0 Å². The zero-order valence-corrected chi connectivity index (χ0v) is 18.1. The van der Waals surface area contributed by atoms with Gasteiger partial charge in [0.2, 0.25) is 0 Å². The standard InChI is InChI=1S/C23H38N4O2/c1-3-24-23(25-15-14-18-9-7-13-21(29-2)22(18)28)26-19-10-8-16-27(17-19)20-11-5-4-6-12-20/h7,9,13,19-20,28H,3-6,8,10-12,14-17H2,1-2H3,(H2,24,25,26). The number of benzene rings is 1. The average Bonchev–Trinajstić information content (AvgIpc) is 2.76. The highest BCUT2D eigenvalue weighted by Gasteiger charge is 2.27. The second-order valence-electron chi connectivity index (χ2n) is 8.25. The Hall–Kier alpha value is -1.95. The molecule has 2 fully saturated rings. The molecular formula is C23H38N4O2. The number of aliphatic imine (C=N–C) groups is 1. The van der Waals surface area contributed by atoms with Gasteiger partial charge in [0.05, 0.1) is 7.11 Å². The van der Waals surface area contributed by atoms with Gasteiger partial charge in [0.25, 0.3) is 0 Å². The molecule has 1 saturated heterocycles. The number of hydrogen-bond donors (Lipinski definition) is 3. The first kappa shape index (κ1) is 21.8. The fourth-order valence-corrected chi connectivity index (χ4v) is 4.64. The third-order valence-corrected chi connectivity index (χ3v) is 6.18. The molecule has 1 aromatic carbocycles. The number of para-hydroxylation sites is 1. The van der Waals surface area contributed by atoms with Crippen LogP contribution in [0.1, 0.15) is 57.4 Å². The number of piperidine rings is 1. The van der Waals surface area contributed by atoms with Crippen LogP contribution >= 0.6 is 0 Å². The van der Waals surface area contributed by atoms with Crippen LogP contribution < -0.4 is 15.4 Å². The summed E-state index contributed by atoms with van der Waals surface area (Å²) >= 11 is 0. The molecular weight excluding hydrogens is 364 g/mol. The van der Waals surface area contributed by atoms with E-state index in [4.69, 9.17) is 9.73 Å². The zero-order chi connectivity index (χ0) is 20.5. The molecule has 0 spiro atoms. The summed E-state index contributed by atoms with van der Waals surface area (Å²) in [5, 5.41) is 17.3. The molecule has 1 saturated carbocycles. The minimum Gasteiger partial charge on any atom is -0.504 e. The lowest BCUT2D eigenvalue weighted by molar-refractivity contribution is 0.115. The largest absolute Gasteiger partial charge is 0.504 e. The molecule has 1 unspecified atom stereocenters. The van der Waals surface area contributed by atoms with Crippen LogP contribution in [0, 0.1) is 0 Å². The Morgan fingerprint density at radius 2 is 2.03 bits per heavy atom. The molecule has 1 aliphatic carbocycles. The predicted molar refractivity (Wildman–Crippen MR) is 119 cm³/mol. The maximum Gasteiger partial charge on any atom is 0.191 e. The second-order valence-corrected chi connectivity index (χ2v) is 8.25. The molecule has 29 heavy (non-hydrogen) atoms. The zero-order valence-electron chi connectivity index (χ0n) is 18.1. The Morgan fingerprint density at radius 1 is 1.21 bits per heavy atom. The molecule has 0 radical (unpaired) electrons. The van der Waals surface area contributed by atoms with Gasteiger partial charge in [-0.3, -0.25) is 9.89 Å². The predicted octanol–water partition coefficient (Wildman–Crippen LogP) is 3.30. The van der Waals surface area contributed by atoms with Crippen LogP contribution in [0.15, 0.2) is 23.2 Å². The van der Waals surface area contributed by atoms with E-state index in [0.29, 0.717) is 24.8 Å². The van der Waals surface area contributed by atoms with Gasteiger partial charge in [-0.1, -0.05) is 31.4 Å². The quantitative estimate of drug-likeness (QED) is 0.482. The van der Waals surface area contributed by atoms with Gasteiger partial charge >= 0.3 is 0 Å².